The third-order valence-corrected chi connectivity index (χ3v) is 4.51. The number of hydrogen-bond acceptors (Lipinski definition) is 2. The summed E-state index contributed by atoms with van der Waals surface area (Å²) < 4.78 is 0. The van der Waals surface area contributed by atoms with Crippen LogP contribution in [0.2, 0.25) is 0 Å². The zero-order valence-corrected chi connectivity index (χ0v) is 11.2. The van der Waals surface area contributed by atoms with Crippen LogP contribution in [0.4, 0.5) is 0 Å². The highest BCUT2D eigenvalue weighted by molar-refractivity contribution is 5.86. The topological polar surface area (TPSA) is 55.1 Å². The molecule has 17 heavy (non-hydrogen) atoms. The van der Waals surface area contributed by atoms with Crippen LogP contribution in [0.15, 0.2) is 0 Å². The first-order chi connectivity index (χ1) is 7.99. The zero-order chi connectivity index (χ0) is 12.5. The third kappa shape index (κ3) is 3.01. The second kappa shape index (κ2) is 4.97. The number of carbonyl (C=O) groups excluding carboxylic acids is 1. The Morgan fingerprint density at radius 2 is 2.00 bits per heavy atom. The van der Waals surface area contributed by atoms with Crippen molar-refractivity contribution in [1.29, 1.82) is 0 Å². The van der Waals surface area contributed by atoms with Gasteiger partial charge in [-0.15, -0.1) is 0 Å². The van der Waals surface area contributed by atoms with Crippen LogP contribution in [0.3, 0.4) is 0 Å². The van der Waals surface area contributed by atoms with E-state index < -0.39 is 5.54 Å². The molecular formula is C14H26N2O. The molecule has 4 unspecified atom stereocenters. The minimum atomic E-state index is -0.594. The predicted octanol–water partition coefficient (Wildman–Crippen LogP) is 2.20. The normalized spacial score (nSPS) is 42.4. The molecule has 1 amide bonds. The molecule has 98 valence electrons. The van der Waals surface area contributed by atoms with Gasteiger partial charge in [-0.05, 0) is 43.9 Å². The lowest BCUT2D eigenvalue weighted by atomic mass is 9.76. The van der Waals surface area contributed by atoms with Gasteiger partial charge in [-0.1, -0.05) is 26.7 Å². The van der Waals surface area contributed by atoms with E-state index in [2.05, 4.69) is 19.2 Å². The Morgan fingerprint density at radius 1 is 1.24 bits per heavy atom. The van der Waals surface area contributed by atoms with Gasteiger partial charge in [-0.2, -0.15) is 0 Å². The summed E-state index contributed by atoms with van der Waals surface area (Å²) in [5.74, 6) is 1.43. The fraction of sp³-hybridized carbons (Fsp3) is 0.929. The van der Waals surface area contributed by atoms with Gasteiger partial charge in [0, 0.05) is 6.04 Å². The third-order valence-electron chi connectivity index (χ3n) is 4.51. The molecule has 4 atom stereocenters. The van der Waals surface area contributed by atoms with Crippen molar-refractivity contribution in [2.24, 2.45) is 17.6 Å². The molecule has 0 saturated heterocycles. The van der Waals surface area contributed by atoms with Crippen molar-refractivity contribution in [2.45, 2.75) is 70.4 Å². The molecule has 2 rings (SSSR count). The van der Waals surface area contributed by atoms with Crippen molar-refractivity contribution in [2.75, 3.05) is 0 Å². The van der Waals surface area contributed by atoms with Crippen molar-refractivity contribution in [3.05, 3.63) is 0 Å². The fourth-order valence-electron chi connectivity index (χ4n) is 3.47. The molecule has 0 spiro atoms. The SMILES string of the molecule is CC1CCC(NC(=O)C2(N)CCCC(C)C2)C1. The molecule has 0 heterocycles. The number of nitrogens with one attached hydrogen (secondary N) is 1. The van der Waals surface area contributed by atoms with Crippen molar-refractivity contribution in [3.8, 4) is 0 Å². The number of nitrogens with two attached hydrogens (primary N) is 1. The minimum Gasteiger partial charge on any atom is -0.352 e. The average molecular weight is 238 g/mol. The Balaban J connectivity index is 1.90. The van der Waals surface area contributed by atoms with E-state index >= 15 is 0 Å². The highest BCUT2D eigenvalue weighted by Crippen LogP contribution is 2.31. The number of rotatable bonds is 2. The zero-order valence-electron chi connectivity index (χ0n) is 11.2. The van der Waals surface area contributed by atoms with Gasteiger partial charge in [0.15, 0.2) is 0 Å². The van der Waals surface area contributed by atoms with E-state index in [1.165, 1.54) is 12.8 Å². The van der Waals surface area contributed by atoms with Crippen LogP contribution in [0.25, 0.3) is 0 Å². The van der Waals surface area contributed by atoms with Crippen LogP contribution in [-0.2, 0) is 4.79 Å². The summed E-state index contributed by atoms with van der Waals surface area (Å²) in [6.07, 6.45) is 7.49. The Bertz CT molecular complexity index is 292. The van der Waals surface area contributed by atoms with Crippen LogP contribution < -0.4 is 11.1 Å². The fourth-order valence-corrected chi connectivity index (χ4v) is 3.47. The molecule has 0 aliphatic heterocycles. The van der Waals surface area contributed by atoms with E-state index in [9.17, 15) is 4.79 Å². The Morgan fingerprint density at radius 3 is 2.59 bits per heavy atom. The molecule has 2 aliphatic carbocycles. The Hall–Kier alpha value is -0.570. The van der Waals surface area contributed by atoms with Crippen LogP contribution in [0, 0.1) is 11.8 Å². The van der Waals surface area contributed by atoms with Gasteiger partial charge in [0.1, 0.15) is 0 Å². The van der Waals surface area contributed by atoms with E-state index in [-0.39, 0.29) is 5.91 Å². The van der Waals surface area contributed by atoms with Crippen molar-refractivity contribution in [1.82, 2.24) is 5.32 Å². The maximum Gasteiger partial charge on any atom is 0.240 e. The number of amides is 1. The maximum atomic E-state index is 12.3. The lowest BCUT2D eigenvalue weighted by Gasteiger charge is -2.36. The summed E-state index contributed by atoms with van der Waals surface area (Å²) in [4.78, 5) is 12.3. The molecule has 2 fully saturated rings. The summed E-state index contributed by atoms with van der Waals surface area (Å²) in [5.41, 5.74) is 5.70. The van der Waals surface area contributed by atoms with Crippen molar-refractivity contribution in [3.63, 3.8) is 0 Å². The van der Waals surface area contributed by atoms with Gasteiger partial charge in [0.25, 0.3) is 0 Å². The molecule has 3 nitrogen and oxygen atoms in total. The van der Waals surface area contributed by atoms with Gasteiger partial charge in [0.2, 0.25) is 5.91 Å². The quantitative estimate of drug-likeness (QED) is 0.775. The monoisotopic (exact) mass is 238 g/mol. The van der Waals surface area contributed by atoms with Crippen molar-refractivity contribution >= 4 is 5.91 Å². The van der Waals surface area contributed by atoms with Gasteiger partial charge < -0.3 is 11.1 Å². The molecule has 2 saturated carbocycles. The molecule has 0 bridgehead atoms. The van der Waals surface area contributed by atoms with Gasteiger partial charge in [-0.3, -0.25) is 4.79 Å². The first-order valence-corrected chi connectivity index (χ1v) is 7.09. The second-order valence-corrected chi connectivity index (χ2v) is 6.45. The minimum absolute atomic E-state index is 0.100. The van der Waals surface area contributed by atoms with Crippen molar-refractivity contribution < 1.29 is 4.79 Å². The van der Waals surface area contributed by atoms with Gasteiger partial charge in [0.05, 0.1) is 5.54 Å². The molecule has 3 N–H and O–H groups in total. The van der Waals surface area contributed by atoms with E-state index in [1.807, 2.05) is 0 Å². The second-order valence-electron chi connectivity index (χ2n) is 6.45. The molecule has 2 aliphatic rings. The molecular weight excluding hydrogens is 212 g/mol. The summed E-state index contributed by atoms with van der Waals surface area (Å²) in [6.45, 7) is 4.46. The van der Waals surface area contributed by atoms with Crippen LogP contribution in [0.5, 0.6) is 0 Å². The highest BCUT2D eigenvalue weighted by Gasteiger charge is 2.39. The molecule has 3 heteroatoms. The van der Waals surface area contributed by atoms with E-state index in [0.717, 1.165) is 38.0 Å². The molecule has 0 aromatic carbocycles. The number of carbonyl (C=O) groups is 1. The lowest BCUT2D eigenvalue weighted by Crippen LogP contribution is -2.57. The number of hydrogen-bond donors (Lipinski definition) is 2. The van der Waals surface area contributed by atoms with E-state index in [1.54, 1.807) is 0 Å². The smallest absolute Gasteiger partial charge is 0.240 e. The summed E-state index contributed by atoms with van der Waals surface area (Å²) >= 11 is 0. The average Bonchev–Trinajstić information content (AvgIpc) is 2.63. The summed E-state index contributed by atoms with van der Waals surface area (Å²) in [5, 5.41) is 3.18. The summed E-state index contributed by atoms with van der Waals surface area (Å²) in [6, 6.07) is 0.371. The van der Waals surface area contributed by atoms with E-state index in [4.69, 9.17) is 5.73 Å². The molecule has 0 aromatic heterocycles. The Labute approximate surface area is 105 Å². The standard InChI is InChI=1S/C14H26N2O/c1-10-5-6-12(8-10)16-13(17)14(15)7-3-4-11(2)9-14/h10-12H,3-9,15H2,1-2H3,(H,16,17). The summed E-state index contributed by atoms with van der Waals surface area (Å²) in [7, 11) is 0. The first kappa shape index (κ1) is 12.9. The van der Waals surface area contributed by atoms with Crippen LogP contribution in [0.1, 0.15) is 58.8 Å². The Kier molecular flexibility index (Phi) is 3.76. The first-order valence-electron chi connectivity index (χ1n) is 7.09. The van der Waals surface area contributed by atoms with Crippen LogP contribution >= 0.6 is 0 Å². The molecule has 0 radical (unpaired) electrons. The highest BCUT2D eigenvalue weighted by atomic mass is 16.2. The maximum absolute atomic E-state index is 12.3. The van der Waals surface area contributed by atoms with Gasteiger partial charge in [-0.25, -0.2) is 0 Å². The lowest BCUT2D eigenvalue weighted by molar-refractivity contribution is -0.128. The molecule has 0 aromatic rings. The van der Waals surface area contributed by atoms with Gasteiger partial charge >= 0.3 is 0 Å². The predicted molar refractivity (Wildman–Crippen MR) is 69.5 cm³/mol. The van der Waals surface area contributed by atoms with Crippen LogP contribution in [-0.4, -0.2) is 17.5 Å². The largest absolute Gasteiger partial charge is 0.352 e. The van der Waals surface area contributed by atoms with E-state index in [0.29, 0.717) is 12.0 Å².